The highest BCUT2D eigenvalue weighted by molar-refractivity contribution is 7.09. The van der Waals surface area contributed by atoms with Crippen LogP contribution in [0.3, 0.4) is 0 Å². The van der Waals surface area contributed by atoms with Crippen LogP contribution in [0.2, 0.25) is 0 Å². The molecule has 12 heavy (non-hydrogen) atoms. The van der Waals surface area contributed by atoms with E-state index >= 15 is 0 Å². The summed E-state index contributed by atoms with van der Waals surface area (Å²) in [5.41, 5.74) is 1.28. The highest BCUT2D eigenvalue weighted by Crippen LogP contribution is 2.23. The van der Waals surface area contributed by atoms with Crippen LogP contribution in [0.25, 0.3) is 0 Å². The molecule has 0 bridgehead atoms. The summed E-state index contributed by atoms with van der Waals surface area (Å²) < 4.78 is 0. The van der Waals surface area contributed by atoms with Gasteiger partial charge in [-0.25, -0.2) is 4.98 Å². The second-order valence-corrected chi connectivity index (χ2v) is 4.70. The Kier molecular flexibility index (Phi) is 2.54. The van der Waals surface area contributed by atoms with Crippen molar-refractivity contribution in [2.75, 3.05) is 0 Å². The van der Waals surface area contributed by atoms with Gasteiger partial charge in [0.15, 0.2) is 0 Å². The van der Waals surface area contributed by atoms with Crippen LogP contribution < -0.4 is 0 Å². The highest BCUT2D eigenvalue weighted by atomic mass is 32.1. The Balaban J connectivity index is 2.86. The Bertz CT molecular complexity index is 298. The van der Waals surface area contributed by atoms with Crippen LogP contribution in [0, 0.1) is 12.3 Å². The maximum absolute atomic E-state index is 5.20. The summed E-state index contributed by atoms with van der Waals surface area (Å²) in [6.07, 6.45) is 5.85. The summed E-state index contributed by atoms with van der Waals surface area (Å²) in [6, 6.07) is 0. The van der Waals surface area contributed by atoms with E-state index in [0.717, 1.165) is 10.7 Å². The molecule has 0 fully saturated rings. The molecule has 1 aromatic rings. The van der Waals surface area contributed by atoms with Crippen molar-refractivity contribution in [2.24, 2.45) is 0 Å². The molecule has 0 aliphatic carbocycles. The summed E-state index contributed by atoms with van der Waals surface area (Å²) in [5.74, 6) is 2.60. The quantitative estimate of drug-likeness (QED) is 0.604. The molecule has 0 saturated heterocycles. The first kappa shape index (κ1) is 9.28. The van der Waals surface area contributed by atoms with Crippen molar-refractivity contribution in [1.82, 2.24) is 4.98 Å². The van der Waals surface area contributed by atoms with Gasteiger partial charge in [0.1, 0.15) is 5.01 Å². The molecule has 0 saturated carbocycles. The molecule has 0 atom stereocenters. The fourth-order valence-electron chi connectivity index (χ4n) is 0.824. The van der Waals surface area contributed by atoms with E-state index in [1.807, 2.05) is 0 Å². The van der Waals surface area contributed by atoms with Crippen molar-refractivity contribution in [3.63, 3.8) is 0 Å². The predicted molar refractivity (Wildman–Crippen MR) is 53.4 cm³/mol. The molecule has 0 radical (unpaired) electrons. The molecule has 0 spiro atoms. The lowest BCUT2D eigenvalue weighted by molar-refractivity contribution is 0.571. The van der Waals surface area contributed by atoms with E-state index in [0.29, 0.717) is 6.42 Å². The Hall–Kier alpha value is -0.810. The number of hydrogen-bond acceptors (Lipinski definition) is 2. The summed E-state index contributed by atoms with van der Waals surface area (Å²) in [6.45, 7) is 6.46. The molecular weight excluding hydrogens is 166 g/mol. The first-order chi connectivity index (χ1) is 5.54. The van der Waals surface area contributed by atoms with Gasteiger partial charge in [-0.05, 0) is 0 Å². The first-order valence-electron chi connectivity index (χ1n) is 3.92. The summed E-state index contributed by atoms with van der Waals surface area (Å²) in [5, 5.41) is 3.13. The zero-order valence-corrected chi connectivity index (χ0v) is 8.53. The molecular formula is C10H13NS. The normalized spacial score (nSPS) is 11.2. The van der Waals surface area contributed by atoms with Crippen molar-refractivity contribution in [1.29, 1.82) is 0 Å². The molecule has 1 aromatic heterocycles. The van der Waals surface area contributed by atoms with Gasteiger partial charge in [0, 0.05) is 10.8 Å². The van der Waals surface area contributed by atoms with Crippen LogP contribution in [0.1, 0.15) is 31.5 Å². The average molecular weight is 179 g/mol. The predicted octanol–water partition coefficient (Wildman–Crippen LogP) is 2.62. The van der Waals surface area contributed by atoms with Crippen LogP contribution in [0.15, 0.2) is 5.38 Å². The van der Waals surface area contributed by atoms with E-state index in [1.165, 1.54) is 0 Å². The zero-order chi connectivity index (χ0) is 9.19. The van der Waals surface area contributed by atoms with Gasteiger partial charge < -0.3 is 0 Å². The minimum Gasteiger partial charge on any atom is -0.245 e. The molecule has 1 nitrogen and oxygen atoms in total. The Morgan fingerprint density at radius 1 is 1.58 bits per heavy atom. The van der Waals surface area contributed by atoms with Gasteiger partial charge in [-0.1, -0.05) is 26.7 Å². The van der Waals surface area contributed by atoms with Crippen LogP contribution in [-0.4, -0.2) is 4.98 Å². The largest absolute Gasteiger partial charge is 0.245 e. The highest BCUT2D eigenvalue weighted by Gasteiger charge is 2.16. The number of aromatic nitrogens is 1. The maximum Gasteiger partial charge on any atom is 0.105 e. The lowest BCUT2D eigenvalue weighted by Crippen LogP contribution is -2.11. The molecule has 1 heterocycles. The number of hydrogen-bond donors (Lipinski definition) is 0. The van der Waals surface area contributed by atoms with Gasteiger partial charge in [0.25, 0.3) is 0 Å². The van der Waals surface area contributed by atoms with E-state index < -0.39 is 0 Å². The van der Waals surface area contributed by atoms with E-state index in [-0.39, 0.29) is 5.41 Å². The summed E-state index contributed by atoms with van der Waals surface area (Å²) in [7, 11) is 0. The van der Waals surface area contributed by atoms with E-state index in [9.17, 15) is 0 Å². The molecule has 1 rings (SSSR count). The number of nitrogens with zero attached hydrogens (tertiary/aromatic N) is 1. The molecule has 0 unspecified atom stereocenters. The molecule has 0 N–H and O–H groups in total. The van der Waals surface area contributed by atoms with Crippen molar-refractivity contribution in [3.05, 3.63) is 16.1 Å². The summed E-state index contributed by atoms with van der Waals surface area (Å²) in [4.78, 5) is 4.45. The summed E-state index contributed by atoms with van der Waals surface area (Å²) >= 11 is 1.65. The van der Waals surface area contributed by atoms with Gasteiger partial charge in [-0.2, -0.15) is 0 Å². The third-order valence-electron chi connectivity index (χ3n) is 1.57. The SMILES string of the molecule is C#CCc1nc(C(C)(C)C)cs1. The van der Waals surface area contributed by atoms with Gasteiger partial charge in [-0.15, -0.1) is 17.8 Å². The fourth-order valence-corrected chi connectivity index (χ4v) is 1.80. The minimum absolute atomic E-state index is 0.142. The van der Waals surface area contributed by atoms with Gasteiger partial charge in [0.05, 0.1) is 12.1 Å². The maximum atomic E-state index is 5.20. The molecule has 0 aliphatic rings. The first-order valence-corrected chi connectivity index (χ1v) is 4.80. The smallest absolute Gasteiger partial charge is 0.105 e. The van der Waals surface area contributed by atoms with E-state index in [2.05, 4.69) is 37.1 Å². The van der Waals surface area contributed by atoms with Crippen LogP contribution >= 0.6 is 11.3 Å². The monoisotopic (exact) mass is 179 g/mol. The molecule has 0 aliphatic heterocycles. The molecule has 64 valence electrons. The third kappa shape index (κ3) is 2.09. The zero-order valence-electron chi connectivity index (χ0n) is 7.72. The molecule has 2 heteroatoms. The van der Waals surface area contributed by atoms with Crippen molar-refractivity contribution in [2.45, 2.75) is 32.6 Å². The lowest BCUT2D eigenvalue weighted by atomic mass is 9.93. The van der Waals surface area contributed by atoms with E-state index in [4.69, 9.17) is 6.42 Å². The molecule has 0 amide bonds. The average Bonchev–Trinajstić information content (AvgIpc) is 2.35. The third-order valence-corrected chi connectivity index (χ3v) is 2.42. The van der Waals surface area contributed by atoms with E-state index in [1.54, 1.807) is 11.3 Å². The topological polar surface area (TPSA) is 12.9 Å². The Morgan fingerprint density at radius 2 is 2.25 bits per heavy atom. The Labute approximate surface area is 77.8 Å². The lowest BCUT2D eigenvalue weighted by Gasteiger charge is -2.13. The standard InChI is InChI=1S/C10H13NS/c1-5-6-9-11-8(7-12-9)10(2,3)4/h1,7H,6H2,2-4H3. The van der Waals surface area contributed by atoms with Crippen molar-refractivity contribution >= 4 is 11.3 Å². The van der Waals surface area contributed by atoms with Gasteiger partial charge >= 0.3 is 0 Å². The molecule has 0 aromatic carbocycles. The second kappa shape index (κ2) is 3.28. The van der Waals surface area contributed by atoms with Gasteiger partial charge in [-0.3, -0.25) is 0 Å². The van der Waals surface area contributed by atoms with Gasteiger partial charge in [0.2, 0.25) is 0 Å². The fraction of sp³-hybridized carbons (Fsp3) is 0.500. The van der Waals surface area contributed by atoms with Crippen molar-refractivity contribution < 1.29 is 0 Å². The van der Waals surface area contributed by atoms with Crippen LogP contribution in [0.5, 0.6) is 0 Å². The minimum atomic E-state index is 0.142. The van der Waals surface area contributed by atoms with Crippen LogP contribution in [0.4, 0.5) is 0 Å². The number of thiazole rings is 1. The second-order valence-electron chi connectivity index (χ2n) is 3.76. The van der Waals surface area contributed by atoms with Crippen molar-refractivity contribution in [3.8, 4) is 12.3 Å². The van der Waals surface area contributed by atoms with Crippen LogP contribution in [-0.2, 0) is 11.8 Å². The number of terminal acetylenes is 1. The number of rotatable bonds is 1. The Morgan fingerprint density at radius 3 is 2.67 bits per heavy atom.